The lowest BCUT2D eigenvalue weighted by molar-refractivity contribution is 0.0339. The Kier molecular flexibility index (Phi) is 10.7. The lowest BCUT2D eigenvalue weighted by Gasteiger charge is -2.27. The van der Waals surface area contributed by atoms with E-state index in [1.807, 2.05) is 50.1 Å². The zero-order chi connectivity index (χ0) is 33.4. The number of nitrogens with zero attached hydrogens (tertiary/aromatic N) is 6. The zero-order valence-electron chi connectivity index (χ0n) is 27.9. The molecule has 1 saturated heterocycles. The van der Waals surface area contributed by atoms with Crippen molar-refractivity contribution in [2.24, 2.45) is 4.99 Å². The number of hydrogen-bond acceptors (Lipinski definition) is 10. The molecule has 48 heavy (non-hydrogen) atoms. The monoisotopic (exact) mass is 678 g/mol. The molecule has 2 N–H and O–H groups in total. The Labute approximate surface area is 284 Å². The number of pyridine rings is 2. The van der Waals surface area contributed by atoms with Gasteiger partial charge >= 0.3 is 0 Å². The third kappa shape index (κ3) is 6.76. The largest absolute Gasteiger partial charge is 0.508 e. The second-order valence-electron chi connectivity index (χ2n) is 12.9. The topological polar surface area (TPSA) is 133 Å². The van der Waals surface area contributed by atoms with Crippen LogP contribution in [0.3, 0.4) is 0 Å². The molecule has 12 nitrogen and oxygen atoms in total. The lowest BCUT2D eigenvalue weighted by Crippen LogP contribution is -2.39. The minimum atomic E-state index is -0.447. The normalized spacial score (nSPS) is 14.7. The summed E-state index contributed by atoms with van der Waals surface area (Å²) in [7, 11) is 7.53. The van der Waals surface area contributed by atoms with Crippen LogP contribution in [-0.2, 0) is 30.8 Å². The Morgan fingerprint density at radius 2 is 1.48 bits per heavy atom. The van der Waals surface area contributed by atoms with Gasteiger partial charge in [0.1, 0.15) is 5.75 Å². The Bertz CT molecular complexity index is 2120. The molecule has 13 heteroatoms. The number of morpholine rings is 1. The molecule has 1 aromatic heterocycles. The van der Waals surface area contributed by atoms with Gasteiger partial charge in [-0.25, -0.2) is 0 Å². The fraction of sp³-hybridized carbons (Fsp3) is 0.429. The van der Waals surface area contributed by atoms with Crippen molar-refractivity contribution in [3.63, 3.8) is 0 Å². The molecule has 0 bridgehead atoms. The number of likely N-dealkylation sites (N-methyl/N-ethyl adjacent to an activating group) is 2. The van der Waals surface area contributed by atoms with Crippen LogP contribution in [0.15, 0.2) is 55.8 Å². The second kappa shape index (κ2) is 14.6. The number of aromatic hydroxyl groups is 2. The van der Waals surface area contributed by atoms with E-state index in [0.29, 0.717) is 72.9 Å². The van der Waals surface area contributed by atoms with Crippen molar-refractivity contribution < 1.29 is 14.9 Å². The van der Waals surface area contributed by atoms with Crippen molar-refractivity contribution in [2.75, 3.05) is 74.1 Å². The summed E-state index contributed by atoms with van der Waals surface area (Å²) < 4.78 is 8.03. The van der Waals surface area contributed by atoms with E-state index >= 15 is 0 Å². The smallest absolute Gasteiger partial charge is 0.263 e. The van der Waals surface area contributed by atoms with Crippen molar-refractivity contribution in [1.29, 1.82) is 0 Å². The maximum Gasteiger partial charge on any atom is 0.263 e. The van der Waals surface area contributed by atoms with Crippen LogP contribution in [0.25, 0.3) is 32.7 Å². The SMILES string of the molecule is CN(C)CCn1c(O)c2ccc3c4c2c(c(=NCCc2ccc(O)c(CN5CCOCC5)c2)cc-4c(=O)n(CCN(C)C)c3=O)c1=O.Cl. The molecule has 0 amide bonds. The summed E-state index contributed by atoms with van der Waals surface area (Å²) in [5.74, 6) is 0.0377. The number of phenols is 1. The molecule has 3 aliphatic rings. The van der Waals surface area contributed by atoms with Crippen molar-refractivity contribution in [1.82, 2.24) is 23.8 Å². The van der Waals surface area contributed by atoms with E-state index in [0.717, 1.165) is 24.2 Å². The van der Waals surface area contributed by atoms with Gasteiger partial charge in [0.05, 0.1) is 29.5 Å². The van der Waals surface area contributed by atoms with Crippen LogP contribution in [-0.4, -0.2) is 108 Å². The number of halogens is 1. The molecule has 0 spiro atoms. The van der Waals surface area contributed by atoms with E-state index in [-0.39, 0.29) is 48.1 Å². The summed E-state index contributed by atoms with van der Waals surface area (Å²) in [4.78, 5) is 52.6. The maximum absolute atomic E-state index is 14.1. The van der Waals surface area contributed by atoms with Crippen molar-refractivity contribution in [3.05, 3.63) is 83.9 Å². The number of rotatable bonds is 11. The predicted molar refractivity (Wildman–Crippen MR) is 190 cm³/mol. The lowest BCUT2D eigenvalue weighted by atomic mass is 9.90. The van der Waals surface area contributed by atoms with Gasteiger partial charge in [0.25, 0.3) is 16.7 Å². The first kappa shape index (κ1) is 35.2. The maximum atomic E-state index is 14.1. The molecule has 256 valence electrons. The quantitative estimate of drug-likeness (QED) is 0.200. The van der Waals surface area contributed by atoms with E-state index in [1.165, 1.54) is 9.13 Å². The van der Waals surface area contributed by atoms with Gasteiger partial charge < -0.3 is 24.7 Å². The van der Waals surface area contributed by atoms with E-state index in [9.17, 15) is 24.6 Å². The number of phenolic OH excluding ortho intramolecular Hbond substituents is 1. The van der Waals surface area contributed by atoms with E-state index in [2.05, 4.69) is 4.90 Å². The minimum Gasteiger partial charge on any atom is -0.508 e. The van der Waals surface area contributed by atoms with Crippen LogP contribution in [0.4, 0.5) is 0 Å². The number of hydrogen-bond donors (Lipinski definition) is 2. The first-order chi connectivity index (χ1) is 22.5. The highest BCUT2D eigenvalue weighted by atomic mass is 35.5. The highest BCUT2D eigenvalue weighted by Crippen LogP contribution is 2.36. The molecule has 3 aromatic rings. The van der Waals surface area contributed by atoms with Gasteiger partial charge in [-0.05, 0) is 64.4 Å². The van der Waals surface area contributed by atoms with Gasteiger partial charge in [-0.1, -0.05) is 12.1 Å². The zero-order valence-corrected chi connectivity index (χ0v) is 28.7. The summed E-state index contributed by atoms with van der Waals surface area (Å²) in [6.45, 7) is 5.35. The van der Waals surface area contributed by atoms with E-state index in [1.54, 1.807) is 24.3 Å². The van der Waals surface area contributed by atoms with E-state index < -0.39 is 16.7 Å². The van der Waals surface area contributed by atoms with Crippen LogP contribution < -0.4 is 22.0 Å². The predicted octanol–water partition coefficient (Wildman–Crippen LogP) is 1.59. The van der Waals surface area contributed by atoms with Crippen molar-refractivity contribution in [2.45, 2.75) is 26.1 Å². The minimum absolute atomic E-state index is 0. The molecule has 6 rings (SSSR count). The molecular weight excluding hydrogens is 636 g/mol. The fourth-order valence-corrected chi connectivity index (χ4v) is 6.42. The van der Waals surface area contributed by atoms with E-state index in [4.69, 9.17) is 9.73 Å². The number of benzene rings is 3. The fourth-order valence-electron chi connectivity index (χ4n) is 6.42. The van der Waals surface area contributed by atoms with Gasteiger partial charge in [0, 0.05) is 79.6 Å². The Balaban J connectivity index is 0.00000451. The molecule has 2 aliphatic heterocycles. The van der Waals surface area contributed by atoms with Crippen molar-refractivity contribution in [3.8, 4) is 22.8 Å². The Morgan fingerprint density at radius 3 is 2.17 bits per heavy atom. The molecular formula is C35H43ClN6O6. The molecule has 1 fully saturated rings. The van der Waals surface area contributed by atoms with Crippen molar-refractivity contribution >= 4 is 34.0 Å². The summed E-state index contributed by atoms with van der Waals surface area (Å²) in [5, 5.41) is 23.6. The molecule has 1 aliphatic carbocycles. The summed E-state index contributed by atoms with van der Waals surface area (Å²) in [6, 6.07) is 10.5. The van der Waals surface area contributed by atoms with Gasteiger partial charge in [0.2, 0.25) is 5.88 Å². The molecule has 3 heterocycles. The molecule has 2 aromatic carbocycles. The van der Waals surface area contributed by atoms with Crippen LogP contribution in [0.1, 0.15) is 11.1 Å². The van der Waals surface area contributed by atoms with Crippen LogP contribution >= 0.6 is 12.4 Å². The van der Waals surface area contributed by atoms with Crippen LogP contribution in [0.5, 0.6) is 11.6 Å². The van der Waals surface area contributed by atoms with Gasteiger partial charge in [-0.3, -0.25) is 33.4 Å². The number of ether oxygens (including phenoxy) is 1. The molecule has 0 radical (unpaired) electrons. The summed E-state index contributed by atoms with van der Waals surface area (Å²) >= 11 is 0. The third-order valence-corrected chi connectivity index (χ3v) is 9.03. The van der Waals surface area contributed by atoms with Crippen LogP contribution in [0, 0.1) is 0 Å². The first-order valence-electron chi connectivity index (χ1n) is 16.0. The second-order valence-corrected chi connectivity index (χ2v) is 12.9. The highest BCUT2D eigenvalue weighted by molar-refractivity contribution is 6.15. The first-order valence-corrected chi connectivity index (χ1v) is 16.0. The molecule has 0 atom stereocenters. The molecule has 0 unspecified atom stereocenters. The standard InChI is InChI=1S/C35H42N6O6.ClH/c1-37(2)11-13-40-32(43)24-6-7-25-30-29(24)26(34(40)45)20-27(31(30)35(46)41(33(25)44)14-12-38(3)4)36-10-9-22-5-8-28(42)23(19-22)21-39-15-17-47-18-16-39;/h5-8,19-20,42,44H,9-18,21H2,1-4H3;1H. The van der Waals surface area contributed by atoms with Crippen LogP contribution in [0.2, 0.25) is 0 Å². The average molecular weight is 679 g/mol. The molecule has 0 saturated carbocycles. The van der Waals surface area contributed by atoms with Gasteiger partial charge in [0.15, 0.2) is 0 Å². The average Bonchev–Trinajstić information content (AvgIpc) is 3.04. The Hall–Kier alpha value is -4.07. The summed E-state index contributed by atoms with van der Waals surface area (Å²) in [6.07, 6.45) is 0.535. The van der Waals surface area contributed by atoms with Gasteiger partial charge in [-0.2, -0.15) is 0 Å². The van der Waals surface area contributed by atoms with Gasteiger partial charge in [-0.15, -0.1) is 12.4 Å². The Morgan fingerprint density at radius 1 is 0.812 bits per heavy atom. The third-order valence-electron chi connectivity index (χ3n) is 9.03. The highest BCUT2D eigenvalue weighted by Gasteiger charge is 2.26. The summed E-state index contributed by atoms with van der Waals surface area (Å²) in [5.41, 5.74) is 1.19. The number of aromatic nitrogens is 2.